The minimum absolute atomic E-state index is 0.103. The van der Waals surface area contributed by atoms with Crippen molar-refractivity contribution in [2.24, 2.45) is 0 Å². The number of amides is 1. The van der Waals surface area contributed by atoms with Crippen LogP contribution in [0.4, 0.5) is 11.4 Å². The summed E-state index contributed by atoms with van der Waals surface area (Å²) in [6.45, 7) is 4.30. The molecule has 1 N–H and O–H groups in total. The topological polar surface area (TPSA) is 75.5 Å². The number of aryl methyl sites for hydroxylation is 2. The number of nitro groups is 1. The van der Waals surface area contributed by atoms with Crippen molar-refractivity contribution >= 4 is 28.9 Å². The number of benzene rings is 2. The van der Waals surface area contributed by atoms with E-state index < -0.39 is 4.92 Å². The van der Waals surface area contributed by atoms with Gasteiger partial charge in [0.05, 0.1) is 11.5 Å². The van der Waals surface area contributed by atoms with Crippen molar-refractivity contribution in [2.45, 2.75) is 20.4 Å². The number of rotatable bonds is 6. The number of nitrogens with one attached hydrogen (secondary N) is 1. The van der Waals surface area contributed by atoms with Crippen LogP contribution in [0, 0.1) is 24.0 Å². The molecule has 2 aromatic carbocycles. The van der Waals surface area contributed by atoms with Crippen LogP contribution in [0.5, 0.6) is 0 Å². The fraction of sp³-hybridized carbons (Fsp3) is 0.278. The predicted octanol–water partition coefficient (Wildman–Crippen LogP) is 3.94. The fourth-order valence-electron chi connectivity index (χ4n) is 2.49. The first-order valence-electron chi connectivity index (χ1n) is 7.74. The van der Waals surface area contributed by atoms with E-state index >= 15 is 0 Å². The average molecular weight is 362 g/mol. The van der Waals surface area contributed by atoms with Gasteiger partial charge in [-0.3, -0.25) is 19.8 Å². The Morgan fingerprint density at radius 3 is 2.56 bits per heavy atom. The number of carbonyl (C=O) groups excluding carboxylic acids is 1. The Morgan fingerprint density at radius 1 is 1.24 bits per heavy atom. The Kier molecular flexibility index (Phi) is 6.12. The maximum atomic E-state index is 12.2. The van der Waals surface area contributed by atoms with Crippen molar-refractivity contribution in [1.82, 2.24) is 4.90 Å². The molecule has 0 saturated heterocycles. The summed E-state index contributed by atoms with van der Waals surface area (Å²) < 4.78 is 0. The molecule has 0 saturated carbocycles. The lowest BCUT2D eigenvalue weighted by atomic mass is 10.1. The molecule has 6 nitrogen and oxygen atoms in total. The van der Waals surface area contributed by atoms with Crippen LogP contribution in [0.2, 0.25) is 5.02 Å². The van der Waals surface area contributed by atoms with Crippen LogP contribution in [0.3, 0.4) is 0 Å². The molecule has 2 rings (SSSR count). The van der Waals surface area contributed by atoms with E-state index in [4.69, 9.17) is 11.6 Å². The first-order chi connectivity index (χ1) is 11.8. The van der Waals surface area contributed by atoms with E-state index in [0.29, 0.717) is 11.6 Å². The van der Waals surface area contributed by atoms with Gasteiger partial charge in [0.15, 0.2) is 0 Å². The van der Waals surface area contributed by atoms with E-state index in [1.165, 1.54) is 6.07 Å². The summed E-state index contributed by atoms with van der Waals surface area (Å²) in [6, 6.07) is 10.5. The second-order valence-corrected chi connectivity index (χ2v) is 6.50. The van der Waals surface area contributed by atoms with E-state index in [0.717, 1.165) is 16.7 Å². The molecular formula is C18H20ClN3O3. The highest BCUT2D eigenvalue weighted by atomic mass is 35.5. The second-order valence-electron chi connectivity index (χ2n) is 6.06. The standard InChI is InChI=1S/C18H20ClN3O3/c1-12-7-16(17(22(24)25)8-13(12)2)20-18(23)11-21(3)10-14-5-4-6-15(19)9-14/h4-9H,10-11H2,1-3H3,(H,20,23). The summed E-state index contributed by atoms with van der Waals surface area (Å²) in [4.78, 5) is 24.8. The lowest BCUT2D eigenvalue weighted by Gasteiger charge is -2.17. The van der Waals surface area contributed by atoms with Gasteiger partial charge in [-0.05, 0) is 55.8 Å². The molecule has 7 heteroatoms. The summed E-state index contributed by atoms with van der Waals surface area (Å²) in [5.74, 6) is -0.309. The lowest BCUT2D eigenvalue weighted by Crippen LogP contribution is -2.30. The minimum Gasteiger partial charge on any atom is -0.319 e. The average Bonchev–Trinajstić information content (AvgIpc) is 2.50. The lowest BCUT2D eigenvalue weighted by molar-refractivity contribution is -0.384. The van der Waals surface area contributed by atoms with Crippen molar-refractivity contribution in [3.05, 3.63) is 68.2 Å². The zero-order chi connectivity index (χ0) is 18.6. The van der Waals surface area contributed by atoms with Gasteiger partial charge in [-0.1, -0.05) is 23.7 Å². The zero-order valence-electron chi connectivity index (χ0n) is 14.4. The summed E-state index contributed by atoms with van der Waals surface area (Å²) in [7, 11) is 1.80. The molecule has 132 valence electrons. The highest BCUT2D eigenvalue weighted by Gasteiger charge is 2.18. The summed E-state index contributed by atoms with van der Waals surface area (Å²) >= 11 is 5.95. The molecule has 0 aliphatic rings. The third kappa shape index (κ3) is 5.27. The van der Waals surface area contributed by atoms with Crippen LogP contribution >= 0.6 is 11.6 Å². The molecule has 1 amide bonds. The molecule has 0 heterocycles. The largest absolute Gasteiger partial charge is 0.319 e. The third-order valence-electron chi connectivity index (χ3n) is 3.84. The maximum Gasteiger partial charge on any atom is 0.293 e. The van der Waals surface area contributed by atoms with Crippen molar-refractivity contribution in [2.75, 3.05) is 18.9 Å². The molecular weight excluding hydrogens is 342 g/mol. The first-order valence-corrected chi connectivity index (χ1v) is 8.12. The van der Waals surface area contributed by atoms with Gasteiger partial charge in [0.25, 0.3) is 5.69 Å². The maximum absolute atomic E-state index is 12.2. The number of hydrogen-bond acceptors (Lipinski definition) is 4. The zero-order valence-corrected chi connectivity index (χ0v) is 15.1. The number of likely N-dealkylation sites (N-methyl/N-ethyl adjacent to an activating group) is 1. The second kappa shape index (κ2) is 8.09. The molecule has 0 unspecified atom stereocenters. The highest BCUT2D eigenvalue weighted by Crippen LogP contribution is 2.27. The van der Waals surface area contributed by atoms with E-state index in [1.807, 2.05) is 30.0 Å². The van der Waals surface area contributed by atoms with Crippen molar-refractivity contribution in [3.63, 3.8) is 0 Å². The van der Waals surface area contributed by atoms with Gasteiger partial charge in [0.1, 0.15) is 5.69 Å². The van der Waals surface area contributed by atoms with Gasteiger partial charge >= 0.3 is 0 Å². The van der Waals surface area contributed by atoms with E-state index in [9.17, 15) is 14.9 Å². The Bertz CT molecular complexity index is 808. The van der Waals surface area contributed by atoms with Gasteiger partial charge in [-0.15, -0.1) is 0 Å². The van der Waals surface area contributed by atoms with Gasteiger partial charge in [0, 0.05) is 17.6 Å². The Balaban J connectivity index is 2.05. The molecule has 0 atom stereocenters. The van der Waals surface area contributed by atoms with Gasteiger partial charge in [-0.2, -0.15) is 0 Å². The van der Waals surface area contributed by atoms with Gasteiger partial charge in [0.2, 0.25) is 5.91 Å². The molecule has 25 heavy (non-hydrogen) atoms. The van der Waals surface area contributed by atoms with Crippen LogP contribution < -0.4 is 5.32 Å². The molecule has 0 spiro atoms. The van der Waals surface area contributed by atoms with Crippen LogP contribution in [-0.4, -0.2) is 29.3 Å². The Hall–Kier alpha value is -2.44. The van der Waals surface area contributed by atoms with Crippen LogP contribution in [0.25, 0.3) is 0 Å². The van der Waals surface area contributed by atoms with Crippen LogP contribution in [0.1, 0.15) is 16.7 Å². The first kappa shape index (κ1) is 18.9. The summed E-state index contributed by atoms with van der Waals surface area (Å²) in [6.07, 6.45) is 0. The van der Waals surface area contributed by atoms with Crippen molar-refractivity contribution in [3.8, 4) is 0 Å². The Labute approximate surface area is 151 Å². The number of carbonyl (C=O) groups is 1. The van der Waals surface area contributed by atoms with Crippen molar-refractivity contribution in [1.29, 1.82) is 0 Å². The molecule has 0 radical (unpaired) electrons. The number of anilines is 1. The van der Waals surface area contributed by atoms with Crippen LogP contribution in [0.15, 0.2) is 36.4 Å². The quantitative estimate of drug-likeness (QED) is 0.624. The normalized spacial score (nSPS) is 10.8. The molecule has 0 aromatic heterocycles. The monoisotopic (exact) mass is 361 g/mol. The molecule has 0 aliphatic carbocycles. The number of nitro benzene ring substituents is 1. The summed E-state index contributed by atoms with van der Waals surface area (Å²) in [5, 5.41) is 14.5. The highest BCUT2D eigenvalue weighted by molar-refractivity contribution is 6.30. The minimum atomic E-state index is -0.488. The van der Waals surface area contributed by atoms with E-state index in [1.54, 1.807) is 26.1 Å². The number of hydrogen-bond donors (Lipinski definition) is 1. The third-order valence-corrected chi connectivity index (χ3v) is 4.07. The van der Waals surface area contributed by atoms with E-state index in [-0.39, 0.29) is 23.8 Å². The smallest absolute Gasteiger partial charge is 0.293 e. The SMILES string of the molecule is Cc1cc(NC(=O)CN(C)Cc2cccc(Cl)c2)c([N+](=O)[O-])cc1C. The number of halogens is 1. The molecule has 0 fully saturated rings. The molecule has 2 aromatic rings. The number of nitrogens with zero attached hydrogens (tertiary/aromatic N) is 2. The fourth-order valence-corrected chi connectivity index (χ4v) is 2.70. The Morgan fingerprint density at radius 2 is 1.92 bits per heavy atom. The molecule has 0 aliphatic heterocycles. The summed E-state index contributed by atoms with van der Waals surface area (Å²) in [5.41, 5.74) is 2.79. The van der Waals surface area contributed by atoms with Gasteiger partial charge < -0.3 is 5.32 Å². The molecule has 0 bridgehead atoms. The van der Waals surface area contributed by atoms with Crippen LogP contribution in [-0.2, 0) is 11.3 Å². The van der Waals surface area contributed by atoms with E-state index in [2.05, 4.69) is 5.32 Å². The van der Waals surface area contributed by atoms with Crippen molar-refractivity contribution < 1.29 is 9.72 Å². The van der Waals surface area contributed by atoms with Gasteiger partial charge in [-0.25, -0.2) is 0 Å². The predicted molar refractivity (Wildman–Crippen MR) is 99.0 cm³/mol.